The molecule has 0 spiro atoms. The van der Waals surface area contributed by atoms with Gasteiger partial charge in [0, 0.05) is 42.0 Å². The molecule has 0 saturated carbocycles. The molecule has 3 N–H and O–H groups in total. The molecule has 0 radical (unpaired) electrons. The number of rotatable bonds is 3. The zero-order valence-electron chi connectivity index (χ0n) is 10.3. The van der Waals surface area contributed by atoms with E-state index in [2.05, 4.69) is 22.8 Å². The molecule has 0 bridgehead atoms. The smallest absolute Gasteiger partial charge is 0.104 e. The van der Waals surface area contributed by atoms with Crippen LogP contribution in [-0.4, -0.2) is 49.0 Å². The fourth-order valence-electron chi connectivity index (χ4n) is 1.96. The minimum atomic E-state index is -0.0905. The van der Waals surface area contributed by atoms with Crippen molar-refractivity contribution in [2.24, 2.45) is 5.73 Å². The molecule has 5 heteroatoms. The summed E-state index contributed by atoms with van der Waals surface area (Å²) in [5, 5.41) is 10.7. The maximum absolute atomic E-state index is 8.65. The van der Waals surface area contributed by atoms with Crippen LogP contribution >= 0.6 is 11.3 Å². The van der Waals surface area contributed by atoms with Crippen LogP contribution < -0.4 is 5.73 Å². The molecule has 4 nitrogen and oxygen atoms in total. The number of aliphatic hydroxyl groups excluding tert-OH is 1. The van der Waals surface area contributed by atoms with Gasteiger partial charge in [0.25, 0.3) is 0 Å². The van der Waals surface area contributed by atoms with Crippen molar-refractivity contribution >= 4 is 11.3 Å². The van der Waals surface area contributed by atoms with Gasteiger partial charge in [0.1, 0.15) is 6.61 Å². The fraction of sp³-hybridized carbons (Fsp3) is 0.538. The van der Waals surface area contributed by atoms with Gasteiger partial charge in [-0.15, -0.1) is 11.3 Å². The predicted molar refractivity (Wildman–Crippen MR) is 72.4 cm³/mol. The van der Waals surface area contributed by atoms with Crippen molar-refractivity contribution in [1.82, 2.24) is 4.90 Å². The van der Waals surface area contributed by atoms with Crippen LogP contribution in [0.25, 0.3) is 0 Å². The Kier molecular flexibility index (Phi) is 5.17. The summed E-state index contributed by atoms with van der Waals surface area (Å²) < 4.78 is 5.54. The molecule has 1 aliphatic heterocycles. The van der Waals surface area contributed by atoms with E-state index < -0.39 is 0 Å². The lowest BCUT2D eigenvalue weighted by Gasteiger charge is -2.31. The first-order valence-electron chi connectivity index (χ1n) is 6.03. The molecule has 1 fully saturated rings. The molecule has 98 valence electrons. The van der Waals surface area contributed by atoms with E-state index in [9.17, 15) is 0 Å². The second-order valence-electron chi connectivity index (χ2n) is 4.23. The van der Waals surface area contributed by atoms with Gasteiger partial charge in [-0.2, -0.15) is 0 Å². The number of aliphatic hydroxyl groups is 1. The Morgan fingerprint density at radius 2 is 2.50 bits per heavy atom. The zero-order valence-corrected chi connectivity index (χ0v) is 11.1. The Bertz CT molecular complexity index is 436. The minimum Gasteiger partial charge on any atom is -0.384 e. The lowest BCUT2D eigenvalue weighted by molar-refractivity contribution is -0.0257. The lowest BCUT2D eigenvalue weighted by atomic mass is 10.2. The summed E-state index contributed by atoms with van der Waals surface area (Å²) in [5.41, 5.74) is 6.61. The number of thiophene rings is 1. The summed E-state index contributed by atoms with van der Waals surface area (Å²) in [4.78, 5) is 3.64. The number of nitrogens with two attached hydrogens (primary N) is 1. The summed E-state index contributed by atoms with van der Waals surface area (Å²) in [7, 11) is 0. The number of ether oxygens (including phenoxy) is 1. The van der Waals surface area contributed by atoms with Gasteiger partial charge in [-0.3, -0.25) is 4.90 Å². The summed E-state index contributed by atoms with van der Waals surface area (Å²) in [5.74, 6) is 5.58. The van der Waals surface area contributed by atoms with Crippen molar-refractivity contribution < 1.29 is 9.84 Å². The van der Waals surface area contributed by atoms with E-state index >= 15 is 0 Å². The molecular weight excluding hydrogens is 248 g/mol. The van der Waals surface area contributed by atoms with E-state index in [4.69, 9.17) is 15.6 Å². The summed E-state index contributed by atoms with van der Waals surface area (Å²) in [6.45, 7) is 4.01. The number of morpholine rings is 1. The van der Waals surface area contributed by atoms with Crippen LogP contribution in [0.4, 0.5) is 0 Å². The molecule has 0 amide bonds. The third kappa shape index (κ3) is 3.80. The third-order valence-electron chi connectivity index (χ3n) is 2.83. The maximum Gasteiger partial charge on any atom is 0.104 e. The number of hydrogen-bond acceptors (Lipinski definition) is 5. The third-order valence-corrected chi connectivity index (χ3v) is 3.75. The van der Waals surface area contributed by atoms with Crippen molar-refractivity contribution in [3.8, 4) is 11.8 Å². The molecule has 0 aromatic carbocycles. The van der Waals surface area contributed by atoms with Crippen LogP contribution in [0.15, 0.2) is 11.4 Å². The van der Waals surface area contributed by atoms with E-state index in [1.54, 1.807) is 11.3 Å². The molecule has 0 aliphatic carbocycles. The van der Waals surface area contributed by atoms with Gasteiger partial charge in [0.15, 0.2) is 0 Å². The first kappa shape index (κ1) is 13.5. The van der Waals surface area contributed by atoms with Crippen molar-refractivity contribution in [3.05, 3.63) is 21.9 Å². The Labute approximate surface area is 111 Å². The predicted octanol–water partition coefficient (Wildman–Crippen LogP) is 0.251. The van der Waals surface area contributed by atoms with Crippen LogP contribution in [0.1, 0.15) is 10.4 Å². The molecule has 1 atom stereocenters. The van der Waals surface area contributed by atoms with E-state index in [1.165, 1.54) is 4.88 Å². The fourth-order valence-corrected chi connectivity index (χ4v) is 2.82. The molecule has 1 aromatic rings. The molecular formula is C13H18N2O2S. The van der Waals surface area contributed by atoms with E-state index in [1.807, 2.05) is 5.38 Å². The summed E-state index contributed by atoms with van der Waals surface area (Å²) >= 11 is 1.70. The Balaban J connectivity index is 1.90. The van der Waals surface area contributed by atoms with Crippen molar-refractivity contribution in [1.29, 1.82) is 0 Å². The maximum atomic E-state index is 8.65. The topological polar surface area (TPSA) is 58.7 Å². The van der Waals surface area contributed by atoms with Crippen LogP contribution in [0, 0.1) is 11.8 Å². The molecule has 2 heterocycles. The highest BCUT2D eigenvalue weighted by atomic mass is 32.1. The molecule has 1 aromatic heterocycles. The molecule has 2 rings (SSSR count). The number of hydrogen-bond donors (Lipinski definition) is 2. The van der Waals surface area contributed by atoms with Gasteiger partial charge >= 0.3 is 0 Å². The highest BCUT2D eigenvalue weighted by molar-refractivity contribution is 7.10. The average molecular weight is 266 g/mol. The van der Waals surface area contributed by atoms with Gasteiger partial charge in [-0.1, -0.05) is 11.8 Å². The first-order valence-corrected chi connectivity index (χ1v) is 6.91. The number of nitrogens with zero attached hydrogens (tertiary/aromatic N) is 1. The van der Waals surface area contributed by atoms with Gasteiger partial charge in [0.2, 0.25) is 0 Å². The summed E-state index contributed by atoms with van der Waals surface area (Å²) in [6, 6.07) is 2.08. The SMILES string of the molecule is NCC1CN(Cc2cc(C#CCO)cs2)CCO1. The second kappa shape index (κ2) is 6.88. The molecule has 1 unspecified atom stereocenters. The normalized spacial score (nSPS) is 20.4. The van der Waals surface area contributed by atoms with Crippen molar-refractivity contribution in [3.63, 3.8) is 0 Å². The van der Waals surface area contributed by atoms with Gasteiger partial charge in [0.05, 0.1) is 12.7 Å². The minimum absolute atomic E-state index is 0.0905. The van der Waals surface area contributed by atoms with Crippen LogP contribution in [-0.2, 0) is 11.3 Å². The van der Waals surface area contributed by atoms with E-state index in [-0.39, 0.29) is 12.7 Å². The van der Waals surface area contributed by atoms with Crippen molar-refractivity contribution in [2.75, 3.05) is 32.8 Å². The quantitative estimate of drug-likeness (QED) is 0.770. The van der Waals surface area contributed by atoms with E-state index in [0.29, 0.717) is 6.54 Å². The lowest BCUT2D eigenvalue weighted by Crippen LogP contribution is -2.44. The first-order chi connectivity index (χ1) is 8.81. The molecule has 18 heavy (non-hydrogen) atoms. The molecule has 1 aliphatic rings. The Morgan fingerprint density at radius 3 is 3.28 bits per heavy atom. The Hall–Kier alpha value is -0.900. The van der Waals surface area contributed by atoms with Gasteiger partial charge < -0.3 is 15.6 Å². The van der Waals surface area contributed by atoms with Gasteiger partial charge in [-0.25, -0.2) is 0 Å². The monoisotopic (exact) mass is 266 g/mol. The van der Waals surface area contributed by atoms with Crippen molar-refractivity contribution in [2.45, 2.75) is 12.6 Å². The average Bonchev–Trinajstić information content (AvgIpc) is 2.84. The van der Waals surface area contributed by atoms with Gasteiger partial charge in [-0.05, 0) is 6.07 Å². The molecule has 1 saturated heterocycles. The van der Waals surface area contributed by atoms with Crippen LogP contribution in [0.2, 0.25) is 0 Å². The highest BCUT2D eigenvalue weighted by Crippen LogP contribution is 2.17. The second-order valence-corrected chi connectivity index (χ2v) is 5.22. The van der Waals surface area contributed by atoms with Crippen LogP contribution in [0.5, 0.6) is 0 Å². The standard InChI is InChI=1S/C13H18N2O2S/c14-7-12-8-15(3-5-17-12)9-13-6-11(10-18-13)2-1-4-16/h6,10,12,16H,3-5,7-9,14H2. The summed E-state index contributed by atoms with van der Waals surface area (Å²) in [6.07, 6.45) is 0.160. The van der Waals surface area contributed by atoms with Crippen LogP contribution in [0.3, 0.4) is 0 Å². The van der Waals surface area contributed by atoms with E-state index in [0.717, 1.165) is 31.8 Å². The highest BCUT2D eigenvalue weighted by Gasteiger charge is 2.19. The zero-order chi connectivity index (χ0) is 12.8. The Morgan fingerprint density at radius 1 is 1.61 bits per heavy atom. The largest absolute Gasteiger partial charge is 0.384 e.